The molecule has 0 saturated carbocycles. The summed E-state index contributed by atoms with van der Waals surface area (Å²) in [5.41, 5.74) is 5.80. The number of aryl methyl sites for hydroxylation is 2. The van der Waals surface area contributed by atoms with E-state index in [4.69, 9.17) is 19.8 Å². The average molecular weight is 385 g/mol. The number of aromatic nitrogens is 4. The van der Waals surface area contributed by atoms with Gasteiger partial charge < -0.3 is 10.1 Å². The van der Waals surface area contributed by atoms with Gasteiger partial charge in [0.2, 0.25) is 0 Å². The zero-order valence-electron chi connectivity index (χ0n) is 16.6. The molecule has 1 aliphatic rings. The number of benzene rings is 2. The van der Waals surface area contributed by atoms with Gasteiger partial charge >= 0.3 is 0 Å². The van der Waals surface area contributed by atoms with Crippen LogP contribution in [0.15, 0.2) is 48.5 Å². The van der Waals surface area contributed by atoms with Crippen LogP contribution >= 0.6 is 0 Å². The second kappa shape index (κ2) is 7.20. The summed E-state index contributed by atoms with van der Waals surface area (Å²) >= 11 is 0. The van der Waals surface area contributed by atoms with E-state index in [1.807, 2.05) is 28.8 Å². The van der Waals surface area contributed by atoms with E-state index in [1.54, 1.807) is 7.11 Å². The highest BCUT2D eigenvalue weighted by molar-refractivity contribution is 5.64. The van der Waals surface area contributed by atoms with Crippen LogP contribution in [-0.2, 0) is 19.3 Å². The standard InChI is InChI=1S/C23H23N5O/c1-15-6-8-16(9-7-15)14-21-26-23-25-20-5-3-4-19(20)22(28(23)27-21)24-17-10-12-18(29-2)13-11-17/h6-13,24H,3-5,14H2,1-2H3. The second-order valence-corrected chi connectivity index (χ2v) is 7.49. The van der Waals surface area contributed by atoms with Gasteiger partial charge in [-0.15, -0.1) is 5.10 Å². The van der Waals surface area contributed by atoms with Crippen molar-refractivity contribution in [3.8, 4) is 5.75 Å². The first-order valence-electron chi connectivity index (χ1n) is 9.93. The Balaban J connectivity index is 1.54. The molecule has 0 saturated heterocycles. The summed E-state index contributed by atoms with van der Waals surface area (Å²) in [6, 6.07) is 16.4. The SMILES string of the molecule is COc1ccc(Nc2c3c(nc4nc(Cc5ccc(C)cc5)nn24)CCC3)cc1. The molecule has 5 rings (SSSR count). The first-order chi connectivity index (χ1) is 14.2. The number of methoxy groups -OCH3 is 1. The van der Waals surface area contributed by atoms with Gasteiger partial charge in [0.05, 0.1) is 12.8 Å². The molecule has 1 N–H and O–H groups in total. The summed E-state index contributed by atoms with van der Waals surface area (Å²) in [7, 11) is 1.67. The first kappa shape index (κ1) is 17.7. The maximum absolute atomic E-state index is 5.27. The van der Waals surface area contributed by atoms with Gasteiger partial charge in [0.1, 0.15) is 11.6 Å². The highest BCUT2D eigenvalue weighted by atomic mass is 16.5. The molecule has 0 aliphatic heterocycles. The lowest BCUT2D eigenvalue weighted by Gasteiger charge is -2.12. The van der Waals surface area contributed by atoms with Crippen LogP contribution in [0.4, 0.5) is 11.5 Å². The third-order valence-corrected chi connectivity index (χ3v) is 5.39. The molecule has 4 aromatic rings. The molecule has 29 heavy (non-hydrogen) atoms. The normalized spacial score (nSPS) is 12.9. The van der Waals surface area contributed by atoms with Gasteiger partial charge in [-0.05, 0) is 56.0 Å². The summed E-state index contributed by atoms with van der Waals surface area (Å²) in [6.45, 7) is 2.09. The van der Waals surface area contributed by atoms with Crippen molar-refractivity contribution in [3.05, 3.63) is 76.7 Å². The molecule has 0 unspecified atom stereocenters. The van der Waals surface area contributed by atoms with Gasteiger partial charge in [-0.2, -0.15) is 9.50 Å². The Morgan fingerprint density at radius 3 is 2.55 bits per heavy atom. The van der Waals surface area contributed by atoms with Crippen LogP contribution in [0.1, 0.15) is 34.6 Å². The summed E-state index contributed by atoms with van der Waals surface area (Å²) in [5, 5.41) is 8.34. The van der Waals surface area contributed by atoms with Crippen LogP contribution in [0.2, 0.25) is 0 Å². The number of nitrogens with one attached hydrogen (secondary N) is 1. The minimum atomic E-state index is 0.656. The van der Waals surface area contributed by atoms with Crippen LogP contribution < -0.4 is 10.1 Å². The molecule has 0 spiro atoms. The topological polar surface area (TPSA) is 64.3 Å². The lowest BCUT2D eigenvalue weighted by Crippen LogP contribution is -2.07. The van der Waals surface area contributed by atoms with Crippen LogP contribution in [0.25, 0.3) is 5.78 Å². The van der Waals surface area contributed by atoms with Crippen molar-refractivity contribution in [2.45, 2.75) is 32.6 Å². The van der Waals surface area contributed by atoms with Crippen molar-refractivity contribution in [3.63, 3.8) is 0 Å². The van der Waals surface area contributed by atoms with E-state index in [2.05, 4.69) is 36.5 Å². The highest BCUT2D eigenvalue weighted by Gasteiger charge is 2.22. The molecule has 0 amide bonds. The summed E-state index contributed by atoms with van der Waals surface area (Å²) in [5.74, 6) is 3.24. The molecule has 0 atom stereocenters. The predicted octanol–water partition coefficient (Wildman–Crippen LogP) is 4.26. The monoisotopic (exact) mass is 385 g/mol. The quantitative estimate of drug-likeness (QED) is 0.556. The molecular formula is C23H23N5O. The molecule has 146 valence electrons. The lowest BCUT2D eigenvalue weighted by molar-refractivity contribution is 0.415. The van der Waals surface area contributed by atoms with Crippen molar-refractivity contribution < 1.29 is 4.74 Å². The molecule has 0 fully saturated rings. The molecule has 0 bridgehead atoms. The van der Waals surface area contributed by atoms with E-state index in [1.165, 1.54) is 16.7 Å². The first-order valence-corrected chi connectivity index (χ1v) is 9.93. The highest BCUT2D eigenvalue weighted by Crippen LogP contribution is 2.31. The van der Waals surface area contributed by atoms with Gasteiger partial charge in [-0.3, -0.25) is 0 Å². The van der Waals surface area contributed by atoms with Gasteiger partial charge in [0.15, 0.2) is 5.82 Å². The average Bonchev–Trinajstić information content (AvgIpc) is 3.36. The van der Waals surface area contributed by atoms with E-state index in [-0.39, 0.29) is 0 Å². The van der Waals surface area contributed by atoms with Crippen molar-refractivity contribution in [2.75, 3.05) is 12.4 Å². The fourth-order valence-corrected chi connectivity index (χ4v) is 3.83. The van der Waals surface area contributed by atoms with Crippen molar-refractivity contribution in [1.82, 2.24) is 19.6 Å². The minimum Gasteiger partial charge on any atom is -0.497 e. The molecule has 6 heteroatoms. The Morgan fingerprint density at radius 2 is 1.79 bits per heavy atom. The van der Waals surface area contributed by atoms with Crippen molar-refractivity contribution >= 4 is 17.3 Å². The fourth-order valence-electron chi connectivity index (χ4n) is 3.83. The molecule has 6 nitrogen and oxygen atoms in total. The van der Waals surface area contributed by atoms with Gasteiger partial charge in [-0.1, -0.05) is 29.8 Å². The largest absolute Gasteiger partial charge is 0.497 e. The number of hydrogen-bond donors (Lipinski definition) is 1. The molecule has 0 radical (unpaired) electrons. The third-order valence-electron chi connectivity index (χ3n) is 5.39. The lowest BCUT2D eigenvalue weighted by atomic mass is 10.1. The van der Waals surface area contributed by atoms with Gasteiger partial charge in [0.25, 0.3) is 5.78 Å². The van der Waals surface area contributed by atoms with Crippen LogP contribution in [0, 0.1) is 6.92 Å². The molecule has 2 aromatic carbocycles. The van der Waals surface area contributed by atoms with Crippen molar-refractivity contribution in [1.29, 1.82) is 0 Å². The van der Waals surface area contributed by atoms with E-state index in [9.17, 15) is 0 Å². The minimum absolute atomic E-state index is 0.656. The second-order valence-electron chi connectivity index (χ2n) is 7.49. The molecule has 2 aromatic heterocycles. The van der Waals surface area contributed by atoms with Gasteiger partial charge in [0, 0.05) is 17.7 Å². The summed E-state index contributed by atoms with van der Waals surface area (Å²) in [4.78, 5) is 9.51. The van der Waals surface area contributed by atoms with Crippen LogP contribution in [-0.4, -0.2) is 26.7 Å². The predicted molar refractivity (Wildman–Crippen MR) is 113 cm³/mol. The van der Waals surface area contributed by atoms with E-state index in [0.29, 0.717) is 12.2 Å². The van der Waals surface area contributed by atoms with E-state index in [0.717, 1.165) is 48.0 Å². The Labute approximate surface area is 169 Å². The number of anilines is 2. The Bertz CT molecular complexity index is 1160. The Hall–Kier alpha value is -3.41. The third kappa shape index (κ3) is 3.42. The zero-order valence-corrected chi connectivity index (χ0v) is 16.6. The van der Waals surface area contributed by atoms with Crippen LogP contribution in [0.3, 0.4) is 0 Å². The summed E-state index contributed by atoms with van der Waals surface area (Å²) < 4.78 is 7.12. The Kier molecular flexibility index (Phi) is 4.39. The smallest absolute Gasteiger partial charge is 0.254 e. The molecule has 1 aliphatic carbocycles. The summed E-state index contributed by atoms with van der Waals surface area (Å²) in [6.07, 6.45) is 3.80. The number of rotatable bonds is 5. The van der Waals surface area contributed by atoms with Crippen LogP contribution in [0.5, 0.6) is 5.75 Å². The molecular weight excluding hydrogens is 362 g/mol. The van der Waals surface area contributed by atoms with Gasteiger partial charge in [-0.25, -0.2) is 4.98 Å². The maximum atomic E-state index is 5.27. The zero-order chi connectivity index (χ0) is 19.8. The maximum Gasteiger partial charge on any atom is 0.254 e. The molecule has 2 heterocycles. The van der Waals surface area contributed by atoms with E-state index < -0.39 is 0 Å². The number of fused-ring (bicyclic) bond motifs is 2. The number of ether oxygens (including phenoxy) is 1. The number of hydrogen-bond acceptors (Lipinski definition) is 5. The number of nitrogens with zero attached hydrogens (tertiary/aromatic N) is 4. The van der Waals surface area contributed by atoms with Crippen molar-refractivity contribution in [2.24, 2.45) is 0 Å². The Morgan fingerprint density at radius 1 is 1.00 bits per heavy atom. The fraction of sp³-hybridized carbons (Fsp3) is 0.261. The van der Waals surface area contributed by atoms with E-state index >= 15 is 0 Å².